The van der Waals surface area contributed by atoms with E-state index in [0.717, 1.165) is 0 Å². The number of fused-ring (bicyclic) bond motifs is 9. The number of nitrogens with one attached hydrogen (secondary N) is 2. The Labute approximate surface area is 179 Å². The van der Waals surface area contributed by atoms with E-state index < -0.39 is 10.0 Å². The molecule has 6 bridgehead atoms. The highest BCUT2D eigenvalue weighted by Gasteiger charge is 2.16. The van der Waals surface area contributed by atoms with E-state index in [9.17, 15) is 12.8 Å². The lowest BCUT2D eigenvalue weighted by atomic mass is 10.1. The zero-order valence-corrected chi connectivity index (χ0v) is 17.5. The zero-order valence-electron chi connectivity index (χ0n) is 16.6. The summed E-state index contributed by atoms with van der Waals surface area (Å²) in [7, 11) is -3.69. The number of nitrogens with zero attached hydrogens (tertiary/aromatic N) is 2. The van der Waals surface area contributed by atoms with Crippen LogP contribution < -0.4 is 15.8 Å². The molecule has 1 aromatic heterocycles. The van der Waals surface area contributed by atoms with Crippen LogP contribution >= 0.6 is 0 Å². The number of benzene rings is 2. The number of anilines is 3. The average Bonchev–Trinajstić information content (AvgIpc) is 2.74. The van der Waals surface area contributed by atoms with Gasteiger partial charge in [0, 0.05) is 41.9 Å². The van der Waals surface area contributed by atoms with Crippen molar-refractivity contribution in [1.82, 2.24) is 14.7 Å². The van der Waals surface area contributed by atoms with Crippen LogP contribution in [0.3, 0.4) is 0 Å². The van der Waals surface area contributed by atoms with Crippen molar-refractivity contribution in [3.8, 4) is 11.3 Å². The molecule has 5 rings (SSSR count). The number of nitrogens with two attached hydrogens (primary N) is 1. The van der Waals surface area contributed by atoms with Crippen LogP contribution in [0, 0.1) is 5.82 Å². The lowest BCUT2D eigenvalue weighted by Crippen LogP contribution is -2.25. The highest BCUT2D eigenvalue weighted by molar-refractivity contribution is 7.89. The second-order valence-corrected chi connectivity index (χ2v) is 8.87. The first-order valence-corrected chi connectivity index (χ1v) is 11.3. The topological polar surface area (TPSA) is 119 Å². The number of ether oxygens (including phenoxy) is 1. The largest absolute Gasteiger partial charge is 0.398 e. The Morgan fingerprint density at radius 3 is 2.81 bits per heavy atom. The van der Waals surface area contributed by atoms with Crippen molar-refractivity contribution in [3.63, 3.8) is 0 Å². The fourth-order valence-electron chi connectivity index (χ4n) is 3.20. The average molecular weight is 444 g/mol. The molecule has 2 aromatic carbocycles. The molecule has 162 valence electrons. The van der Waals surface area contributed by atoms with Crippen molar-refractivity contribution in [2.45, 2.75) is 24.3 Å². The molecule has 8 nitrogen and oxygen atoms in total. The number of hydrogen-bond acceptors (Lipinski definition) is 7. The van der Waals surface area contributed by atoms with Gasteiger partial charge in [-0.2, -0.15) is 0 Å². The predicted octanol–water partition coefficient (Wildman–Crippen LogP) is 3.20. The van der Waals surface area contributed by atoms with Gasteiger partial charge in [0.1, 0.15) is 5.82 Å². The Kier molecular flexibility index (Phi) is 6.12. The smallest absolute Gasteiger partial charge is 0.240 e. The Bertz CT molecular complexity index is 1200. The summed E-state index contributed by atoms with van der Waals surface area (Å²) < 4.78 is 47.3. The minimum Gasteiger partial charge on any atom is -0.398 e. The molecule has 0 aliphatic carbocycles. The van der Waals surface area contributed by atoms with Gasteiger partial charge in [0.25, 0.3) is 0 Å². The molecule has 0 unspecified atom stereocenters. The number of nitrogen functional groups attached to an aromatic ring is 1. The van der Waals surface area contributed by atoms with Gasteiger partial charge in [-0.3, -0.25) is 0 Å². The first-order valence-electron chi connectivity index (χ1n) is 9.78. The Morgan fingerprint density at radius 1 is 1.10 bits per heavy atom. The van der Waals surface area contributed by atoms with Gasteiger partial charge in [0.05, 0.1) is 17.2 Å². The molecule has 3 heterocycles. The van der Waals surface area contributed by atoms with E-state index in [4.69, 9.17) is 10.5 Å². The van der Waals surface area contributed by atoms with Gasteiger partial charge in [-0.1, -0.05) is 0 Å². The Morgan fingerprint density at radius 2 is 1.97 bits per heavy atom. The Balaban J connectivity index is 1.72. The van der Waals surface area contributed by atoms with Crippen molar-refractivity contribution < 1.29 is 17.5 Å². The van der Waals surface area contributed by atoms with Crippen molar-refractivity contribution in [1.29, 1.82) is 0 Å². The lowest BCUT2D eigenvalue weighted by Gasteiger charge is -2.11. The molecule has 0 amide bonds. The van der Waals surface area contributed by atoms with Crippen LogP contribution in [0.1, 0.15) is 18.4 Å². The number of aromatic nitrogens is 2. The quantitative estimate of drug-likeness (QED) is 0.457. The molecule has 0 saturated carbocycles. The number of hydrogen-bond donors (Lipinski definition) is 3. The van der Waals surface area contributed by atoms with E-state index in [-0.39, 0.29) is 29.6 Å². The van der Waals surface area contributed by atoms with Gasteiger partial charge in [-0.15, -0.1) is 0 Å². The SMILES string of the molecule is Nc1cc2ccc1-c1ccnc(n1)Nc1ccc(F)c(c1)COCCCCNS2(=O)=O. The second kappa shape index (κ2) is 8.96. The van der Waals surface area contributed by atoms with E-state index in [2.05, 4.69) is 20.0 Å². The molecule has 0 fully saturated rings. The van der Waals surface area contributed by atoms with Gasteiger partial charge < -0.3 is 15.8 Å². The number of sulfonamides is 1. The van der Waals surface area contributed by atoms with Crippen molar-refractivity contribution >= 4 is 27.3 Å². The summed E-state index contributed by atoms with van der Waals surface area (Å²) in [6.45, 7) is 0.746. The molecule has 3 aromatic rings. The molecule has 0 spiro atoms. The third-order valence-electron chi connectivity index (χ3n) is 4.83. The summed E-state index contributed by atoms with van der Waals surface area (Å²) in [5.41, 5.74) is 8.55. The first-order chi connectivity index (χ1) is 14.9. The maximum atomic E-state index is 14.1. The second-order valence-electron chi connectivity index (χ2n) is 7.10. The number of halogens is 1. The molecule has 10 heteroatoms. The molecular weight excluding hydrogens is 421 g/mol. The summed E-state index contributed by atoms with van der Waals surface area (Å²) in [6, 6.07) is 10.8. The first kappa shape index (κ1) is 21.2. The fourth-order valence-corrected chi connectivity index (χ4v) is 4.31. The minimum absolute atomic E-state index is 0.0850. The molecule has 0 radical (unpaired) electrons. The molecular formula is C21H22FN5O3S. The van der Waals surface area contributed by atoms with Crippen LogP contribution in [0.5, 0.6) is 0 Å². The van der Waals surface area contributed by atoms with E-state index in [1.54, 1.807) is 30.5 Å². The highest BCUT2D eigenvalue weighted by atomic mass is 32.2. The monoisotopic (exact) mass is 443 g/mol. The molecule has 0 atom stereocenters. The van der Waals surface area contributed by atoms with E-state index in [1.165, 1.54) is 18.2 Å². The summed E-state index contributed by atoms with van der Waals surface area (Å²) in [5, 5.41) is 3.06. The fraction of sp³-hybridized carbons (Fsp3) is 0.238. The van der Waals surface area contributed by atoms with Crippen LogP contribution in [-0.2, 0) is 21.4 Å². The summed E-state index contributed by atoms with van der Waals surface area (Å²) in [6.07, 6.45) is 2.77. The van der Waals surface area contributed by atoms with Gasteiger partial charge in [0.15, 0.2) is 0 Å². The summed E-state index contributed by atoms with van der Waals surface area (Å²) in [5.74, 6) is -0.0712. The molecule has 0 saturated heterocycles. The van der Waals surface area contributed by atoms with Crippen LogP contribution in [0.2, 0.25) is 0 Å². The van der Waals surface area contributed by atoms with E-state index in [1.807, 2.05) is 0 Å². The Hall–Kier alpha value is -3.08. The van der Waals surface area contributed by atoms with Crippen LogP contribution in [0.15, 0.2) is 53.6 Å². The molecule has 4 N–H and O–H groups in total. The third-order valence-corrected chi connectivity index (χ3v) is 6.29. The maximum absolute atomic E-state index is 14.1. The third kappa shape index (κ3) is 4.98. The zero-order chi connectivity index (χ0) is 21.8. The van der Waals surface area contributed by atoms with Crippen LogP contribution in [0.25, 0.3) is 11.3 Å². The maximum Gasteiger partial charge on any atom is 0.240 e. The van der Waals surface area contributed by atoms with Gasteiger partial charge in [-0.05, 0) is 55.3 Å². The standard InChI is InChI=1S/C21H22FN5O3S/c22-18-6-3-15-11-14(18)13-30-10-2-1-8-25-31(28,29)16-4-5-17(19(23)12-16)20-7-9-24-21(26-15)27-20/h3-7,9,11-12,25H,1-2,8,10,13,23H2,(H,24,26,27). The van der Waals surface area contributed by atoms with E-state index in [0.29, 0.717) is 47.9 Å². The predicted molar refractivity (Wildman–Crippen MR) is 116 cm³/mol. The minimum atomic E-state index is -3.69. The van der Waals surface area contributed by atoms with Gasteiger partial charge >= 0.3 is 0 Å². The van der Waals surface area contributed by atoms with Gasteiger partial charge in [-0.25, -0.2) is 27.5 Å². The van der Waals surface area contributed by atoms with Crippen LogP contribution in [-0.4, -0.2) is 31.5 Å². The van der Waals surface area contributed by atoms with Gasteiger partial charge in [0.2, 0.25) is 16.0 Å². The van der Waals surface area contributed by atoms with Crippen LogP contribution in [0.4, 0.5) is 21.7 Å². The normalized spacial score (nSPS) is 16.5. The lowest BCUT2D eigenvalue weighted by molar-refractivity contribution is 0.115. The van der Waals surface area contributed by atoms with Crippen molar-refractivity contribution in [2.75, 3.05) is 24.2 Å². The van der Waals surface area contributed by atoms with Crippen molar-refractivity contribution in [2.24, 2.45) is 0 Å². The summed E-state index contributed by atoms with van der Waals surface area (Å²) >= 11 is 0. The summed E-state index contributed by atoms with van der Waals surface area (Å²) in [4.78, 5) is 8.75. The highest BCUT2D eigenvalue weighted by Crippen LogP contribution is 2.28. The molecule has 2 aliphatic rings. The molecule has 2 aliphatic heterocycles. The number of rotatable bonds is 0. The molecule has 31 heavy (non-hydrogen) atoms. The van der Waals surface area contributed by atoms with E-state index >= 15 is 0 Å². The van der Waals surface area contributed by atoms with Crippen molar-refractivity contribution in [3.05, 3.63) is 60.0 Å².